The van der Waals surface area contributed by atoms with E-state index in [0.29, 0.717) is 17.7 Å². The predicted octanol–water partition coefficient (Wildman–Crippen LogP) is 1.91. The molecule has 2 rings (SSSR count). The summed E-state index contributed by atoms with van der Waals surface area (Å²) in [6.45, 7) is 7.87. The number of fused-ring (bicyclic) bond motifs is 1. The van der Waals surface area contributed by atoms with Gasteiger partial charge in [-0.1, -0.05) is 32.4 Å². The molecule has 6 heteroatoms. The molecule has 0 aromatic heterocycles. The van der Waals surface area contributed by atoms with Gasteiger partial charge in [-0.05, 0) is 44.6 Å². The molecule has 1 aromatic rings. The van der Waals surface area contributed by atoms with Crippen molar-refractivity contribution >= 4 is 17.7 Å². The molecule has 6 nitrogen and oxygen atoms in total. The second kappa shape index (κ2) is 9.32. The summed E-state index contributed by atoms with van der Waals surface area (Å²) in [7, 11) is 0. The molecule has 0 radical (unpaired) electrons. The van der Waals surface area contributed by atoms with Crippen LogP contribution in [-0.2, 0) is 4.79 Å². The quantitative estimate of drug-likeness (QED) is 0.519. The summed E-state index contributed by atoms with van der Waals surface area (Å²) in [5.74, 6) is -1.08. The van der Waals surface area contributed by atoms with Crippen molar-refractivity contribution in [1.29, 1.82) is 0 Å². The summed E-state index contributed by atoms with van der Waals surface area (Å²) >= 11 is 0. The van der Waals surface area contributed by atoms with Gasteiger partial charge in [-0.3, -0.25) is 19.3 Å². The lowest BCUT2D eigenvalue weighted by Crippen LogP contribution is -2.40. The van der Waals surface area contributed by atoms with Crippen LogP contribution in [0.3, 0.4) is 0 Å². The van der Waals surface area contributed by atoms with Crippen molar-refractivity contribution in [3.05, 3.63) is 35.4 Å². The molecule has 1 N–H and O–H groups in total. The maximum atomic E-state index is 12.2. The van der Waals surface area contributed by atoms with E-state index in [1.54, 1.807) is 24.3 Å². The first-order chi connectivity index (χ1) is 12.1. The Hall–Kier alpha value is -2.21. The van der Waals surface area contributed by atoms with Crippen LogP contribution in [-0.4, -0.2) is 60.2 Å². The van der Waals surface area contributed by atoms with E-state index >= 15 is 0 Å². The first-order valence-corrected chi connectivity index (χ1v) is 9.02. The number of hydrogen-bond donors (Lipinski definition) is 1. The zero-order chi connectivity index (χ0) is 18.2. The number of carbonyl (C=O) groups excluding carboxylic acids is 3. The lowest BCUT2D eigenvalue weighted by molar-refractivity contribution is -0.121. The summed E-state index contributed by atoms with van der Waals surface area (Å²) in [6.07, 6.45) is 3.05. The van der Waals surface area contributed by atoms with Gasteiger partial charge in [0.05, 0.1) is 11.1 Å². The largest absolute Gasteiger partial charge is 0.355 e. The molecule has 0 saturated carbocycles. The molecular formula is C19H27N3O3. The Labute approximate surface area is 149 Å². The molecule has 1 aliphatic rings. The summed E-state index contributed by atoms with van der Waals surface area (Å²) in [4.78, 5) is 39.8. The van der Waals surface area contributed by atoms with E-state index in [4.69, 9.17) is 0 Å². The monoisotopic (exact) mass is 345 g/mol. The first kappa shape index (κ1) is 19.1. The maximum absolute atomic E-state index is 12.2. The number of rotatable bonds is 10. The van der Waals surface area contributed by atoms with Gasteiger partial charge in [0, 0.05) is 6.54 Å². The normalized spacial score (nSPS) is 13.5. The Morgan fingerprint density at radius 3 is 2.16 bits per heavy atom. The molecule has 1 aliphatic heterocycles. The van der Waals surface area contributed by atoms with E-state index in [1.807, 2.05) is 0 Å². The van der Waals surface area contributed by atoms with Crippen LogP contribution in [0.5, 0.6) is 0 Å². The molecule has 0 atom stereocenters. The smallest absolute Gasteiger partial charge is 0.262 e. The number of amides is 3. The number of hydrogen-bond acceptors (Lipinski definition) is 4. The van der Waals surface area contributed by atoms with E-state index in [9.17, 15) is 14.4 Å². The van der Waals surface area contributed by atoms with E-state index in [-0.39, 0.29) is 12.5 Å². The van der Waals surface area contributed by atoms with Gasteiger partial charge in [0.15, 0.2) is 0 Å². The standard InChI is InChI=1S/C19H27N3O3/c1-3-21(4-2)13-9-5-8-12-20-17(23)14-22-18(24)15-10-6-7-11-16(15)19(22)25/h6-7,10-11H,3-5,8-9,12-14H2,1-2H3,(H,20,23). The minimum Gasteiger partial charge on any atom is -0.355 e. The highest BCUT2D eigenvalue weighted by Gasteiger charge is 2.36. The molecule has 0 saturated heterocycles. The highest BCUT2D eigenvalue weighted by molar-refractivity contribution is 6.22. The summed E-state index contributed by atoms with van der Waals surface area (Å²) < 4.78 is 0. The SMILES string of the molecule is CCN(CC)CCCCCNC(=O)CN1C(=O)c2ccccc2C1=O. The van der Waals surface area contributed by atoms with Crippen LogP contribution < -0.4 is 5.32 Å². The van der Waals surface area contributed by atoms with Crippen LogP contribution in [0.1, 0.15) is 53.8 Å². The average Bonchev–Trinajstić information content (AvgIpc) is 2.86. The van der Waals surface area contributed by atoms with Gasteiger partial charge in [0.2, 0.25) is 5.91 Å². The van der Waals surface area contributed by atoms with Crippen molar-refractivity contribution < 1.29 is 14.4 Å². The Morgan fingerprint density at radius 1 is 1.00 bits per heavy atom. The van der Waals surface area contributed by atoms with Crippen molar-refractivity contribution in [2.75, 3.05) is 32.7 Å². The third-order valence-corrected chi connectivity index (χ3v) is 4.55. The molecule has 0 fully saturated rings. The molecule has 136 valence electrons. The van der Waals surface area contributed by atoms with Gasteiger partial charge < -0.3 is 10.2 Å². The zero-order valence-electron chi connectivity index (χ0n) is 15.1. The number of nitrogens with one attached hydrogen (secondary N) is 1. The molecule has 0 bridgehead atoms. The topological polar surface area (TPSA) is 69.7 Å². The molecule has 25 heavy (non-hydrogen) atoms. The average molecular weight is 345 g/mol. The highest BCUT2D eigenvalue weighted by atomic mass is 16.2. The first-order valence-electron chi connectivity index (χ1n) is 9.02. The van der Waals surface area contributed by atoms with Crippen molar-refractivity contribution in [3.8, 4) is 0 Å². The summed E-state index contributed by atoms with van der Waals surface area (Å²) in [5, 5.41) is 2.79. The minimum absolute atomic E-state index is 0.216. The molecule has 0 unspecified atom stereocenters. The van der Waals surface area contributed by atoms with Gasteiger partial charge >= 0.3 is 0 Å². The number of imide groups is 1. The lowest BCUT2D eigenvalue weighted by atomic mass is 10.1. The van der Waals surface area contributed by atoms with Crippen molar-refractivity contribution in [2.24, 2.45) is 0 Å². The third kappa shape index (κ3) is 4.89. The Bertz CT molecular complexity index is 591. The van der Waals surface area contributed by atoms with Crippen LogP contribution in [0.2, 0.25) is 0 Å². The van der Waals surface area contributed by atoms with Gasteiger partial charge in [0.25, 0.3) is 11.8 Å². The predicted molar refractivity (Wildman–Crippen MR) is 96.5 cm³/mol. The molecule has 1 aromatic carbocycles. The molecule has 0 spiro atoms. The van der Waals surface area contributed by atoms with Gasteiger partial charge in [-0.25, -0.2) is 0 Å². The Morgan fingerprint density at radius 2 is 1.60 bits per heavy atom. The van der Waals surface area contributed by atoms with Crippen LogP contribution in [0.25, 0.3) is 0 Å². The molecule has 3 amide bonds. The number of benzene rings is 1. The van der Waals surface area contributed by atoms with Crippen LogP contribution in [0.15, 0.2) is 24.3 Å². The fraction of sp³-hybridized carbons (Fsp3) is 0.526. The maximum Gasteiger partial charge on any atom is 0.262 e. The Kier molecular flexibility index (Phi) is 7.13. The van der Waals surface area contributed by atoms with E-state index in [2.05, 4.69) is 24.1 Å². The van der Waals surface area contributed by atoms with E-state index in [1.165, 1.54) is 0 Å². The number of unbranched alkanes of at least 4 members (excludes halogenated alkanes) is 2. The minimum atomic E-state index is -0.394. The van der Waals surface area contributed by atoms with Gasteiger partial charge in [-0.15, -0.1) is 0 Å². The molecule has 0 aliphatic carbocycles. The van der Waals surface area contributed by atoms with Crippen molar-refractivity contribution in [3.63, 3.8) is 0 Å². The second-order valence-corrected chi connectivity index (χ2v) is 6.18. The van der Waals surface area contributed by atoms with Crippen molar-refractivity contribution in [1.82, 2.24) is 15.1 Å². The number of nitrogens with zero attached hydrogens (tertiary/aromatic N) is 2. The third-order valence-electron chi connectivity index (χ3n) is 4.55. The fourth-order valence-electron chi connectivity index (χ4n) is 2.99. The summed E-state index contributed by atoms with van der Waals surface area (Å²) in [5.41, 5.74) is 0.744. The van der Waals surface area contributed by atoms with Gasteiger partial charge in [-0.2, -0.15) is 0 Å². The van der Waals surface area contributed by atoms with E-state index < -0.39 is 11.8 Å². The van der Waals surface area contributed by atoms with E-state index in [0.717, 1.165) is 43.8 Å². The number of carbonyl (C=O) groups is 3. The van der Waals surface area contributed by atoms with Crippen LogP contribution >= 0.6 is 0 Å². The second-order valence-electron chi connectivity index (χ2n) is 6.18. The van der Waals surface area contributed by atoms with Crippen LogP contribution in [0, 0.1) is 0 Å². The lowest BCUT2D eigenvalue weighted by Gasteiger charge is -2.17. The van der Waals surface area contributed by atoms with Gasteiger partial charge in [0.1, 0.15) is 6.54 Å². The fourth-order valence-corrected chi connectivity index (χ4v) is 2.99. The van der Waals surface area contributed by atoms with Crippen LogP contribution in [0.4, 0.5) is 0 Å². The zero-order valence-corrected chi connectivity index (χ0v) is 15.1. The molecule has 1 heterocycles. The highest BCUT2D eigenvalue weighted by Crippen LogP contribution is 2.21. The summed E-state index contributed by atoms with van der Waals surface area (Å²) in [6, 6.07) is 6.66. The Balaban J connectivity index is 1.68. The molecular weight excluding hydrogens is 318 g/mol. The van der Waals surface area contributed by atoms with Crippen molar-refractivity contribution in [2.45, 2.75) is 33.1 Å².